The highest BCUT2D eigenvalue weighted by molar-refractivity contribution is 6.27. The van der Waals surface area contributed by atoms with E-state index in [4.69, 9.17) is 5.11 Å². The van der Waals surface area contributed by atoms with Gasteiger partial charge in [0.1, 0.15) is 0 Å². The Hall–Kier alpha value is -2.69. The molecule has 0 spiro atoms. The molecule has 1 N–H and O–H groups in total. The Kier molecular flexibility index (Phi) is 3.43. The van der Waals surface area contributed by atoms with Crippen molar-refractivity contribution in [3.05, 3.63) is 46.5 Å². The summed E-state index contributed by atoms with van der Waals surface area (Å²) in [6.07, 6.45) is 0.655. The van der Waals surface area contributed by atoms with E-state index >= 15 is 0 Å². The second-order valence-electron chi connectivity index (χ2n) is 6.29. The lowest BCUT2D eigenvalue weighted by Crippen LogP contribution is -2.24. The second-order valence-corrected chi connectivity index (χ2v) is 6.29. The van der Waals surface area contributed by atoms with E-state index in [1.807, 2.05) is 19.9 Å². The number of carbonyl (C=O) groups is 3. The number of hydrogen-bond acceptors (Lipinski definition) is 3. The number of rotatable bonds is 3. The average molecular weight is 311 g/mol. The molecular formula is C18H17NO4. The molecule has 2 aromatic rings. The number of benzene rings is 2. The zero-order valence-corrected chi connectivity index (χ0v) is 13.2. The number of nitrogens with zero attached hydrogens (tertiary/aromatic N) is 1. The Morgan fingerprint density at radius 1 is 1.13 bits per heavy atom. The molecule has 0 aromatic heterocycles. The van der Waals surface area contributed by atoms with E-state index in [1.165, 1.54) is 13.1 Å². The van der Waals surface area contributed by atoms with Crippen molar-refractivity contribution in [2.75, 3.05) is 7.05 Å². The highest BCUT2D eigenvalue weighted by Gasteiger charge is 2.36. The zero-order chi connectivity index (χ0) is 16.9. The lowest BCUT2D eigenvalue weighted by molar-refractivity contribution is 0.0682. The summed E-state index contributed by atoms with van der Waals surface area (Å²) in [5.41, 5.74) is 1.81. The van der Waals surface area contributed by atoms with Crippen LogP contribution in [0.15, 0.2) is 24.3 Å². The first kappa shape index (κ1) is 15.2. The van der Waals surface area contributed by atoms with Crippen molar-refractivity contribution < 1.29 is 19.5 Å². The minimum Gasteiger partial charge on any atom is -0.478 e. The zero-order valence-electron chi connectivity index (χ0n) is 13.2. The topological polar surface area (TPSA) is 74.7 Å². The van der Waals surface area contributed by atoms with Gasteiger partial charge in [0.15, 0.2) is 0 Å². The molecule has 23 heavy (non-hydrogen) atoms. The second kappa shape index (κ2) is 5.19. The standard InChI is InChI=1S/C18H17NO4/c1-9(2)6-12-8-11-7-10(18(22)23)4-5-13(11)15-14(12)16(20)19(3)17(15)21/h4-5,7-9H,6H2,1-3H3,(H,22,23). The van der Waals surface area contributed by atoms with E-state index in [0.29, 0.717) is 34.2 Å². The minimum absolute atomic E-state index is 0.165. The van der Waals surface area contributed by atoms with Crippen molar-refractivity contribution in [1.82, 2.24) is 4.90 Å². The monoisotopic (exact) mass is 311 g/mol. The maximum atomic E-state index is 12.5. The Bertz CT molecular complexity index is 867. The van der Waals surface area contributed by atoms with Crippen molar-refractivity contribution in [3.8, 4) is 0 Å². The molecular weight excluding hydrogens is 294 g/mol. The Morgan fingerprint density at radius 2 is 1.78 bits per heavy atom. The summed E-state index contributed by atoms with van der Waals surface area (Å²) in [5.74, 6) is -1.32. The van der Waals surface area contributed by atoms with Gasteiger partial charge in [-0.15, -0.1) is 0 Å². The van der Waals surface area contributed by atoms with Crippen molar-refractivity contribution in [3.63, 3.8) is 0 Å². The molecule has 1 aliphatic heterocycles. The van der Waals surface area contributed by atoms with E-state index in [9.17, 15) is 14.4 Å². The maximum Gasteiger partial charge on any atom is 0.335 e. The molecule has 0 bridgehead atoms. The summed E-state index contributed by atoms with van der Waals surface area (Å²) in [7, 11) is 1.47. The minimum atomic E-state index is -1.02. The SMILES string of the molecule is CC(C)Cc1cc2cc(C(=O)O)ccc2c2c1C(=O)N(C)C2=O. The van der Waals surface area contributed by atoms with Gasteiger partial charge >= 0.3 is 5.97 Å². The predicted molar refractivity (Wildman–Crippen MR) is 85.9 cm³/mol. The van der Waals surface area contributed by atoms with Gasteiger partial charge in [0, 0.05) is 7.05 Å². The molecule has 0 aliphatic carbocycles. The number of aromatic carboxylic acids is 1. The molecule has 0 radical (unpaired) electrons. The normalized spacial score (nSPS) is 14.0. The Morgan fingerprint density at radius 3 is 2.39 bits per heavy atom. The van der Waals surface area contributed by atoms with Gasteiger partial charge in [-0.3, -0.25) is 14.5 Å². The molecule has 5 nitrogen and oxygen atoms in total. The molecule has 2 amide bonds. The highest BCUT2D eigenvalue weighted by atomic mass is 16.4. The van der Waals surface area contributed by atoms with Gasteiger partial charge in [-0.25, -0.2) is 4.79 Å². The van der Waals surface area contributed by atoms with E-state index in [-0.39, 0.29) is 17.4 Å². The smallest absolute Gasteiger partial charge is 0.335 e. The molecule has 1 heterocycles. The molecule has 3 rings (SSSR count). The maximum absolute atomic E-state index is 12.5. The van der Waals surface area contributed by atoms with Crippen molar-refractivity contribution in [1.29, 1.82) is 0 Å². The van der Waals surface area contributed by atoms with Crippen LogP contribution in [0.4, 0.5) is 0 Å². The molecule has 1 aliphatic rings. The Balaban J connectivity index is 2.36. The average Bonchev–Trinajstić information content (AvgIpc) is 2.71. The van der Waals surface area contributed by atoms with Gasteiger partial charge in [-0.1, -0.05) is 26.0 Å². The molecule has 0 saturated carbocycles. The molecule has 118 valence electrons. The number of carboxylic acid groups (broad SMARTS) is 1. The summed E-state index contributed by atoms with van der Waals surface area (Å²) >= 11 is 0. The first-order valence-electron chi connectivity index (χ1n) is 7.46. The van der Waals surface area contributed by atoms with Crippen LogP contribution < -0.4 is 0 Å². The molecule has 5 heteroatoms. The van der Waals surface area contributed by atoms with Crippen LogP contribution in [0.1, 0.15) is 50.5 Å². The molecule has 0 unspecified atom stereocenters. The van der Waals surface area contributed by atoms with Crippen molar-refractivity contribution in [2.45, 2.75) is 20.3 Å². The fraction of sp³-hybridized carbons (Fsp3) is 0.278. The molecule has 0 atom stereocenters. The summed E-state index contributed by atoms with van der Waals surface area (Å²) in [4.78, 5) is 37.2. The van der Waals surface area contributed by atoms with Crippen molar-refractivity contribution >= 4 is 28.6 Å². The third-order valence-corrected chi connectivity index (χ3v) is 4.13. The van der Waals surface area contributed by atoms with Gasteiger partial charge in [-0.2, -0.15) is 0 Å². The Labute approximate surface area is 133 Å². The van der Waals surface area contributed by atoms with Crippen LogP contribution in [0.2, 0.25) is 0 Å². The van der Waals surface area contributed by atoms with Crippen LogP contribution in [-0.4, -0.2) is 34.8 Å². The third-order valence-electron chi connectivity index (χ3n) is 4.13. The van der Waals surface area contributed by atoms with E-state index < -0.39 is 5.97 Å². The number of imide groups is 1. The third kappa shape index (κ3) is 2.29. The van der Waals surface area contributed by atoms with Gasteiger partial charge < -0.3 is 5.11 Å². The van der Waals surface area contributed by atoms with Gasteiger partial charge in [0.2, 0.25) is 0 Å². The van der Waals surface area contributed by atoms with Crippen LogP contribution in [-0.2, 0) is 6.42 Å². The molecule has 0 fully saturated rings. The quantitative estimate of drug-likeness (QED) is 0.884. The fourth-order valence-corrected chi connectivity index (χ4v) is 3.09. The molecule has 0 saturated heterocycles. The lowest BCUT2D eigenvalue weighted by Gasteiger charge is -2.12. The first-order chi connectivity index (χ1) is 10.8. The van der Waals surface area contributed by atoms with E-state index in [1.54, 1.807) is 12.1 Å². The summed E-state index contributed by atoms with van der Waals surface area (Å²) < 4.78 is 0. The number of amides is 2. The summed E-state index contributed by atoms with van der Waals surface area (Å²) in [6.45, 7) is 4.07. The lowest BCUT2D eigenvalue weighted by atomic mass is 9.90. The van der Waals surface area contributed by atoms with E-state index in [2.05, 4.69) is 0 Å². The summed E-state index contributed by atoms with van der Waals surface area (Å²) in [5, 5.41) is 10.5. The fourth-order valence-electron chi connectivity index (χ4n) is 3.09. The van der Waals surface area contributed by atoms with Crippen LogP contribution in [0.3, 0.4) is 0 Å². The van der Waals surface area contributed by atoms with Crippen LogP contribution in [0.25, 0.3) is 10.8 Å². The van der Waals surface area contributed by atoms with Gasteiger partial charge in [0.05, 0.1) is 16.7 Å². The van der Waals surface area contributed by atoms with E-state index in [0.717, 1.165) is 10.5 Å². The van der Waals surface area contributed by atoms with Crippen LogP contribution >= 0.6 is 0 Å². The number of carboxylic acids is 1. The molecule has 2 aromatic carbocycles. The first-order valence-corrected chi connectivity index (χ1v) is 7.46. The largest absolute Gasteiger partial charge is 0.478 e. The number of carbonyl (C=O) groups excluding carboxylic acids is 2. The predicted octanol–water partition coefficient (Wildman–Crippen LogP) is 2.96. The summed E-state index contributed by atoms with van der Waals surface area (Å²) in [6, 6.07) is 6.47. The van der Waals surface area contributed by atoms with Crippen molar-refractivity contribution in [2.24, 2.45) is 5.92 Å². The number of hydrogen-bond donors (Lipinski definition) is 1. The highest BCUT2D eigenvalue weighted by Crippen LogP contribution is 2.34. The number of fused-ring (bicyclic) bond motifs is 3. The van der Waals surface area contributed by atoms with Gasteiger partial charge in [0.25, 0.3) is 11.8 Å². The van der Waals surface area contributed by atoms with Crippen LogP contribution in [0.5, 0.6) is 0 Å². The van der Waals surface area contributed by atoms with Crippen LogP contribution in [0, 0.1) is 5.92 Å². The van der Waals surface area contributed by atoms with Gasteiger partial charge in [-0.05, 0) is 40.8 Å².